The van der Waals surface area contributed by atoms with Crippen molar-refractivity contribution in [1.29, 1.82) is 5.26 Å². The molecule has 21 heavy (non-hydrogen) atoms. The van der Waals surface area contributed by atoms with E-state index in [0.717, 1.165) is 22.2 Å². The molecule has 3 heteroatoms. The number of aromatic nitrogens is 1. The minimum Gasteiger partial charge on any atom is -0.339 e. The van der Waals surface area contributed by atoms with E-state index in [1.165, 1.54) is 5.56 Å². The van der Waals surface area contributed by atoms with Crippen molar-refractivity contribution in [3.63, 3.8) is 0 Å². The number of fused-ring (bicyclic) bond motifs is 1. The lowest BCUT2D eigenvalue weighted by Gasteiger charge is -2.11. The maximum absolute atomic E-state index is 9.34. The van der Waals surface area contributed by atoms with Crippen LogP contribution in [0.15, 0.2) is 48.5 Å². The van der Waals surface area contributed by atoms with E-state index in [-0.39, 0.29) is 0 Å². The second-order valence-corrected chi connectivity index (χ2v) is 5.13. The number of rotatable bonds is 2. The van der Waals surface area contributed by atoms with Crippen molar-refractivity contribution < 1.29 is 0 Å². The number of para-hydroxylation sites is 1. The summed E-state index contributed by atoms with van der Waals surface area (Å²) >= 11 is 0. The molecular weight excluding hydrogens is 258 g/mol. The van der Waals surface area contributed by atoms with Gasteiger partial charge in [0, 0.05) is 11.1 Å². The zero-order chi connectivity index (χ0) is 14.8. The van der Waals surface area contributed by atoms with Crippen LogP contribution in [0, 0.1) is 25.2 Å². The zero-order valence-electron chi connectivity index (χ0n) is 12.0. The first-order valence-corrected chi connectivity index (χ1v) is 6.81. The Hall–Kier alpha value is -2.86. The molecule has 3 aromatic rings. The molecule has 0 fully saturated rings. The minimum absolute atomic E-state index is 0.550. The van der Waals surface area contributed by atoms with Gasteiger partial charge in [0.2, 0.25) is 0 Å². The third-order valence-electron chi connectivity index (χ3n) is 3.48. The molecular formula is C18H15N3. The van der Waals surface area contributed by atoms with Gasteiger partial charge in [0.05, 0.1) is 11.1 Å². The van der Waals surface area contributed by atoms with Gasteiger partial charge in [-0.25, -0.2) is 4.98 Å². The average molecular weight is 273 g/mol. The molecule has 1 aromatic heterocycles. The molecule has 1 heterocycles. The lowest BCUT2D eigenvalue weighted by molar-refractivity contribution is 1.31. The fourth-order valence-corrected chi connectivity index (χ4v) is 2.38. The first-order chi connectivity index (χ1) is 10.2. The molecule has 0 aliphatic carbocycles. The Morgan fingerprint density at radius 1 is 1.05 bits per heavy atom. The highest BCUT2D eigenvalue weighted by atomic mass is 15.0. The Bertz CT molecular complexity index is 860. The van der Waals surface area contributed by atoms with Crippen LogP contribution in [-0.4, -0.2) is 4.98 Å². The maximum Gasteiger partial charge on any atom is 0.149 e. The second kappa shape index (κ2) is 5.26. The Morgan fingerprint density at radius 2 is 1.86 bits per heavy atom. The van der Waals surface area contributed by atoms with E-state index in [9.17, 15) is 5.26 Å². The van der Waals surface area contributed by atoms with Gasteiger partial charge in [-0.2, -0.15) is 5.26 Å². The molecule has 1 N–H and O–H groups in total. The predicted octanol–water partition coefficient (Wildman–Crippen LogP) is 4.47. The quantitative estimate of drug-likeness (QED) is 0.749. The van der Waals surface area contributed by atoms with Gasteiger partial charge in [0.25, 0.3) is 0 Å². The molecule has 2 aromatic carbocycles. The molecule has 0 saturated carbocycles. The summed E-state index contributed by atoms with van der Waals surface area (Å²) in [7, 11) is 0. The predicted molar refractivity (Wildman–Crippen MR) is 85.7 cm³/mol. The fourth-order valence-electron chi connectivity index (χ4n) is 2.38. The second-order valence-electron chi connectivity index (χ2n) is 5.13. The number of pyridine rings is 1. The third kappa shape index (κ3) is 2.56. The molecule has 3 rings (SSSR count). The third-order valence-corrected chi connectivity index (χ3v) is 3.48. The summed E-state index contributed by atoms with van der Waals surface area (Å²) in [5.41, 5.74) is 4.75. The van der Waals surface area contributed by atoms with E-state index in [4.69, 9.17) is 0 Å². The van der Waals surface area contributed by atoms with Crippen LogP contribution in [0.5, 0.6) is 0 Å². The monoisotopic (exact) mass is 273 g/mol. The molecule has 0 radical (unpaired) electrons. The summed E-state index contributed by atoms with van der Waals surface area (Å²) in [6, 6.07) is 18.1. The van der Waals surface area contributed by atoms with Gasteiger partial charge in [-0.1, -0.05) is 35.9 Å². The number of aryl methyl sites for hydroxylation is 2. The number of hydrogen-bond donors (Lipinski definition) is 1. The van der Waals surface area contributed by atoms with E-state index < -0.39 is 0 Å². The first-order valence-electron chi connectivity index (χ1n) is 6.81. The summed E-state index contributed by atoms with van der Waals surface area (Å²) in [4.78, 5) is 4.57. The SMILES string of the molecule is Cc1ccc(Nc2nc3ccccc3cc2C#N)c(C)c1. The van der Waals surface area contributed by atoms with Gasteiger partial charge in [-0.05, 0) is 37.6 Å². The van der Waals surface area contributed by atoms with Gasteiger partial charge in [-0.3, -0.25) is 0 Å². The van der Waals surface area contributed by atoms with Crippen molar-refractivity contribution in [2.75, 3.05) is 5.32 Å². The standard InChI is InChI=1S/C18H15N3/c1-12-7-8-16(13(2)9-12)20-18-15(11-19)10-14-5-3-4-6-17(14)21-18/h3-10H,1-2H3,(H,20,21). The summed E-state index contributed by atoms with van der Waals surface area (Å²) in [5, 5.41) is 13.6. The molecule has 0 spiro atoms. The van der Waals surface area contributed by atoms with Crippen LogP contribution in [0.25, 0.3) is 10.9 Å². The molecule has 0 unspecified atom stereocenters. The molecule has 0 aliphatic rings. The number of nitriles is 1. The summed E-state index contributed by atoms with van der Waals surface area (Å²) in [6.45, 7) is 4.11. The van der Waals surface area contributed by atoms with Crippen LogP contribution in [0.2, 0.25) is 0 Å². The molecule has 0 atom stereocenters. The minimum atomic E-state index is 0.550. The highest BCUT2D eigenvalue weighted by Gasteiger charge is 2.08. The van der Waals surface area contributed by atoms with Crippen LogP contribution in [0.4, 0.5) is 11.5 Å². The smallest absolute Gasteiger partial charge is 0.149 e. The lowest BCUT2D eigenvalue weighted by atomic mass is 10.1. The topological polar surface area (TPSA) is 48.7 Å². The molecule has 0 amide bonds. The van der Waals surface area contributed by atoms with Crippen LogP contribution in [0.1, 0.15) is 16.7 Å². The van der Waals surface area contributed by atoms with Gasteiger partial charge in [0.15, 0.2) is 0 Å². The Kier molecular flexibility index (Phi) is 3.29. The molecule has 0 saturated heterocycles. The zero-order valence-corrected chi connectivity index (χ0v) is 12.0. The van der Waals surface area contributed by atoms with Gasteiger partial charge in [0.1, 0.15) is 11.9 Å². The fraction of sp³-hybridized carbons (Fsp3) is 0.111. The van der Waals surface area contributed by atoms with Crippen LogP contribution in [0.3, 0.4) is 0 Å². The van der Waals surface area contributed by atoms with Crippen molar-refractivity contribution in [2.24, 2.45) is 0 Å². The number of anilines is 2. The number of benzene rings is 2. The Labute approximate surface area is 123 Å². The molecule has 0 aliphatic heterocycles. The highest BCUT2D eigenvalue weighted by molar-refractivity contribution is 5.84. The van der Waals surface area contributed by atoms with Crippen LogP contribution >= 0.6 is 0 Å². The molecule has 102 valence electrons. The van der Waals surface area contributed by atoms with Gasteiger partial charge < -0.3 is 5.32 Å². The maximum atomic E-state index is 9.34. The van der Waals surface area contributed by atoms with Crippen molar-refractivity contribution >= 4 is 22.4 Å². The lowest BCUT2D eigenvalue weighted by Crippen LogP contribution is -1.99. The van der Waals surface area contributed by atoms with Crippen molar-refractivity contribution in [1.82, 2.24) is 4.98 Å². The Balaban J connectivity index is 2.09. The van der Waals surface area contributed by atoms with E-state index in [1.807, 2.05) is 49.4 Å². The van der Waals surface area contributed by atoms with Crippen LogP contribution in [-0.2, 0) is 0 Å². The van der Waals surface area contributed by atoms with E-state index in [2.05, 4.69) is 29.4 Å². The number of nitrogens with one attached hydrogen (secondary N) is 1. The van der Waals surface area contributed by atoms with Crippen molar-refractivity contribution in [2.45, 2.75) is 13.8 Å². The van der Waals surface area contributed by atoms with Crippen LogP contribution < -0.4 is 5.32 Å². The molecule has 0 bridgehead atoms. The summed E-state index contributed by atoms with van der Waals surface area (Å²) < 4.78 is 0. The van der Waals surface area contributed by atoms with Gasteiger partial charge in [-0.15, -0.1) is 0 Å². The first kappa shape index (κ1) is 13.1. The average Bonchev–Trinajstić information content (AvgIpc) is 2.49. The van der Waals surface area contributed by atoms with E-state index >= 15 is 0 Å². The number of nitrogens with zero attached hydrogens (tertiary/aromatic N) is 2. The van der Waals surface area contributed by atoms with Crippen molar-refractivity contribution in [3.8, 4) is 6.07 Å². The molecule has 3 nitrogen and oxygen atoms in total. The summed E-state index contributed by atoms with van der Waals surface area (Å²) in [5.74, 6) is 0.600. The van der Waals surface area contributed by atoms with E-state index in [0.29, 0.717) is 11.4 Å². The van der Waals surface area contributed by atoms with E-state index in [1.54, 1.807) is 0 Å². The summed E-state index contributed by atoms with van der Waals surface area (Å²) in [6.07, 6.45) is 0. The van der Waals surface area contributed by atoms with Crippen molar-refractivity contribution in [3.05, 3.63) is 65.2 Å². The van der Waals surface area contributed by atoms with Gasteiger partial charge >= 0.3 is 0 Å². The normalized spacial score (nSPS) is 10.3. The Morgan fingerprint density at radius 3 is 2.62 bits per heavy atom. The largest absolute Gasteiger partial charge is 0.339 e. The highest BCUT2D eigenvalue weighted by Crippen LogP contribution is 2.25. The number of hydrogen-bond acceptors (Lipinski definition) is 3.